The van der Waals surface area contributed by atoms with E-state index in [1.54, 1.807) is 32.0 Å². The lowest BCUT2D eigenvalue weighted by atomic mass is 9.81. The fraction of sp³-hybridized carbons (Fsp3) is 0.238. The Bertz CT molecular complexity index is 1110. The molecule has 4 rings (SSSR count). The molecule has 0 spiro atoms. The monoisotopic (exact) mass is 368 g/mol. The molecule has 0 saturated carbocycles. The number of ketones is 1. The molecule has 27 heavy (non-hydrogen) atoms. The van der Waals surface area contributed by atoms with Gasteiger partial charge in [0.25, 0.3) is 0 Å². The van der Waals surface area contributed by atoms with Gasteiger partial charge in [-0.05, 0) is 49.6 Å². The fourth-order valence-corrected chi connectivity index (χ4v) is 3.67. The van der Waals surface area contributed by atoms with E-state index in [2.05, 4.69) is 0 Å². The van der Waals surface area contributed by atoms with E-state index < -0.39 is 23.5 Å². The SMILES string of the molecule is Cc1ccc(C2Oc3c(ccc4occ(C)c34)C(=O)C2(F)C(=O)O)c(C)c1. The summed E-state index contributed by atoms with van der Waals surface area (Å²) in [6.07, 6.45) is -0.0881. The number of carbonyl (C=O) groups is 2. The van der Waals surface area contributed by atoms with Crippen molar-refractivity contribution in [2.45, 2.75) is 32.5 Å². The van der Waals surface area contributed by atoms with Gasteiger partial charge in [0.15, 0.2) is 6.10 Å². The molecular weight excluding hydrogens is 351 g/mol. The van der Waals surface area contributed by atoms with Gasteiger partial charge in [-0.1, -0.05) is 23.8 Å². The van der Waals surface area contributed by atoms with Crippen LogP contribution in [0.4, 0.5) is 4.39 Å². The van der Waals surface area contributed by atoms with Crippen molar-refractivity contribution in [3.63, 3.8) is 0 Å². The van der Waals surface area contributed by atoms with E-state index in [1.165, 1.54) is 18.4 Å². The molecule has 0 bridgehead atoms. The van der Waals surface area contributed by atoms with Gasteiger partial charge in [-0.25, -0.2) is 9.18 Å². The number of rotatable bonds is 2. The first kappa shape index (κ1) is 17.3. The number of alkyl halides is 1. The van der Waals surface area contributed by atoms with Gasteiger partial charge in [-0.2, -0.15) is 0 Å². The molecule has 1 aliphatic rings. The molecule has 1 aromatic heterocycles. The first-order chi connectivity index (χ1) is 12.7. The summed E-state index contributed by atoms with van der Waals surface area (Å²) >= 11 is 0. The highest BCUT2D eigenvalue weighted by molar-refractivity contribution is 6.19. The Balaban J connectivity index is 2.01. The van der Waals surface area contributed by atoms with Crippen molar-refractivity contribution >= 4 is 22.7 Å². The maximum absolute atomic E-state index is 15.7. The molecule has 2 heterocycles. The number of furan rings is 1. The normalized spacial score (nSPS) is 21.8. The Morgan fingerprint density at radius 1 is 1.15 bits per heavy atom. The van der Waals surface area contributed by atoms with Crippen LogP contribution in [0, 0.1) is 20.8 Å². The second-order valence-corrected chi connectivity index (χ2v) is 6.94. The number of carboxylic acids is 1. The number of hydrogen-bond donors (Lipinski definition) is 1. The quantitative estimate of drug-likeness (QED) is 0.676. The smallest absolute Gasteiger partial charge is 0.354 e. The van der Waals surface area contributed by atoms with Gasteiger partial charge in [0.2, 0.25) is 5.78 Å². The van der Waals surface area contributed by atoms with Gasteiger partial charge in [0.05, 0.1) is 17.2 Å². The van der Waals surface area contributed by atoms with E-state index in [-0.39, 0.29) is 11.3 Å². The lowest BCUT2D eigenvalue weighted by molar-refractivity contribution is -0.154. The minimum Gasteiger partial charge on any atom is -0.480 e. The van der Waals surface area contributed by atoms with Crippen LogP contribution in [0.1, 0.15) is 38.7 Å². The van der Waals surface area contributed by atoms with Crippen molar-refractivity contribution in [3.8, 4) is 5.75 Å². The number of ether oxygens (including phenoxy) is 1. The number of Topliss-reactive ketones (excluding diaryl/α,β-unsaturated/α-hetero) is 1. The largest absolute Gasteiger partial charge is 0.480 e. The van der Waals surface area contributed by atoms with Crippen LogP contribution in [0.3, 0.4) is 0 Å². The van der Waals surface area contributed by atoms with E-state index in [4.69, 9.17) is 9.15 Å². The van der Waals surface area contributed by atoms with Crippen LogP contribution in [0.5, 0.6) is 5.75 Å². The van der Waals surface area contributed by atoms with Gasteiger partial charge >= 0.3 is 11.6 Å². The van der Waals surface area contributed by atoms with Gasteiger partial charge in [0, 0.05) is 0 Å². The lowest BCUT2D eigenvalue weighted by Crippen LogP contribution is -2.52. The first-order valence-corrected chi connectivity index (χ1v) is 8.47. The third-order valence-electron chi connectivity index (χ3n) is 5.07. The molecule has 0 aliphatic carbocycles. The van der Waals surface area contributed by atoms with Gasteiger partial charge in [-0.3, -0.25) is 4.79 Å². The summed E-state index contributed by atoms with van der Waals surface area (Å²) < 4.78 is 27.1. The van der Waals surface area contributed by atoms with Gasteiger partial charge < -0.3 is 14.3 Å². The highest BCUT2D eigenvalue weighted by Gasteiger charge is 2.60. The summed E-state index contributed by atoms with van der Waals surface area (Å²) in [4.78, 5) is 24.8. The van der Waals surface area contributed by atoms with E-state index >= 15 is 4.39 Å². The van der Waals surface area contributed by atoms with E-state index in [1.807, 2.05) is 6.92 Å². The Morgan fingerprint density at radius 3 is 2.56 bits per heavy atom. The minimum absolute atomic E-state index is 0.0992. The molecule has 0 saturated heterocycles. The molecule has 3 aromatic rings. The first-order valence-electron chi connectivity index (χ1n) is 8.47. The molecule has 1 N–H and O–H groups in total. The van der Waals surface area contributed by atoms with Crippen molar-refractivity contribution in [3.05, 3.63) is 64.4 Å². The van der Waals surface area contributed by atoms with Crippen LogP contribution in [0.25, 0.3) is 11.0 Å². The molecular formula is C21H17FO5. The van der Waals surface area contributed by atoms with Crippen LogP contribution in [0.2, 0.25) is 0 Å². The molecule has 2 aromatic carbocycles. The summed E-state index contributed by atoms with van der Waals surface area (Å²) in [5.41, 5.74) is -0.211. The molecule has 0 radical (unpaired) electrons. The Hall–Kier alpha value is -3.15. The number of aliphatic carboxylic acids is 1. The van der Waals surface area contributed by atoms with Crippen LogP contribution < -0.4 is 4.74 Å². The summed E-state index contributed by atoms with van der Waals surface area (Å²) in [7, 11) is 0. The Morgan fingerprint density at radius 2 is 1.89 bits per heavy atom. The van der Waals surface area contributed by atoms with Crippen molar-refractivity contribution in [1.82, 2.24) is 0 Å². The predicted octanol–water partition coefficient (Wildman–Crippen LogP) is 4.47. The third-order valence-corrected chi connectivity index (χ3v) is 5.07. The van der Waals surface area contributed by atoms with Crippen molar-refractivity contribution in [1.29, 1.82) is 0 Å². The predicted molar refractivity (Wildman–Crippen MR) is 96.0 cm³/mol. The van der Waals surface area contributed by atoms with Crippen molar-refractivity contribution in [2.24, 2.45) is 0 Å². The minimum atomic E-state index is -3.22. The van der Waals surface area contributed by atoms with Crippen LogP contribution >= 0.6 is 0 Å². The molecule has 138 valence electrons. The second kappa shape index (κ2) is 5.67. The van der Waals surface area contributed by atoms with Gasteiger partial charge in [-0.15, -0.1) is 0 Å². The molecule has 6 heteroatoms. The maximum Gasteiger partial charge on any atom is 0.354 e. The van der Waals surface area contributed by atoms with Gasteiger partial charge in [0.1, 0.15) is 11.3 Å². The Labute approximate surface area is 154 Å². The third kappa shape index (κ3) is 2.29. The van der Waals surface area contributed by atoms with E-state index in [0.29, 0.717) is 22.1 Å². The summed E-state index contributed by atoms with van der Waals surface area (Å²) in [5, 5.41) is 10.1. The van der Waals surface area contributed by atoms with Crippen molar-refractivity contribution in [2.75, 3.05) is 0 Å². The van der Waals surface area contributed by atoms with E-state index in [0.717, 1.165) is 11.1 Å². The number of carbonyl (C=O) groups excluding carboxylic acids is 1. The maximum atomic E-state index is 15.7. The summed E-state index contributed by atoms with van der Waals surface area (Å²) in [5.74, 6) is -2.83. The number of halogens is 1. The molecule has 2 unspecified atom stereocenters. The highest BCUT2D eigenvalue weighted by Crippen LogP contribution is 2.48. The van der Waals surface area contributed by atoms with Crippen LogP contribution in [-0.4, -0.2) is 22.5 Å². The topological polar surface area (TPSA) is 76.7 Å². The molecule has 2 atom stereocenters. The second-order valence-electron chi connectivity index (χ2n) is 6.94. The zero-order valence-corrected chi connectivity index (χ0v) is 15.0. The number of carboxylic acid groups (broad SMARTS) is 1. The average molecular weight is 368 g/mol. The highest BCUT2D eigenvalue weighted by atomic mass is 19.1. The standard InChI is InChI=1S/C21H17FO5/c1-10-4-5-13(11(2)8-10)19-21(22,20(24)25)18(23)14-6-7-15-16(17(14)27-19)12(3)9-26-15/h4-9,19H,1-3H3,(H,24,25). The number of fused-ring (bicyclic) bond motifs is 3. The fourth-order valence-electron chi connectivity index (χ4n) is 3.67. The zero-order chi connectivity index (χ0) is 19.5. The number of aryl methyl sites for hydroxylation is 3. The van der Waals surface area contributed by atoms with Crippen LogP contribution in [0.15, 0.2) is 41.0 Å². The van der Waals surface area contributed by atoms with Crippen molar-refractivity contribution < 1.29 is 28.2 Å². The average Bonchev–Trinajstić information content (AvgIpc) is 2.99. The molecule has 0 amide bonds. The zero-order valence-electron chi connectivity index (χ0n) is 15.0. The summed E-state index contributed by atoms with van der Waals surface area (Å²) in [6.45, 7) is 5.38. The summed E-state index contributed by atoms with van der Waals surface area (Å²) in [6, 6.07) is 8.00. The van der Waals surface area contributed by atoms with E-state index in [9.17, 15) is 14.7 Å². The lowest BCUT2D eigenvalue weighted by Gasteiger charge is -2.35. The molecule has 1 aliphatic heterocycles. The molecule has 5 nitrogen and oxygen atoms in total. The molecule has 0 fully saturated rings. The van der Waals surface area contributed by atoms with Crippen LogP contribution in [-0.2, 0) is 4.79 Å². The number of benzene rings is 2. The Kier molecular flexibility index (Phi) is 3.63. The number of hydrogen-bond acceptors (Lipinski definition) is 4.